The second kappa shape index (κ2) is 7.72. The number of amides is 2. The number of terminal acetylenes is 1. The molecule has 1 aliphatic rings. The van der Waals surface area contributed by atoms with E-state index in [-0.39, 0.29) is 17.2 Å². The van der Waals surface area contributed by atoms with Crippen molar-refractivity contribution in [1.82, 2.24) is 15.3 Å². The standard InChI is InChI=1S/C22H19FN4O4/c1-4-10-8-25-19(13-7-15(30-3)14(20(24)28)6-12(10)13)22-26-9-16(31-22)18-11(5-2)17(23)21(29)27-18/h1,6-9,11,17-18H,5H2,2-3H3,(H2,24,28)(H,27,29)/t11-,17?,18+/m1/s1. The quantitative estimate of drug-likeness (QED) is 0.610. The van der Waals surface area contributed by atoms with Gasteiger partial charge in [0.05, 0.1) is 30.5 Å². The second-order valence-corrected chi connectivity index (χ2v) is 7.16. The molecule has 31 heavy (non-hydrogen) atoms. The molecule has 158 valence electrons. The molecular formula is C22H19FN4O4. The molecule has 2 aromatic heterocycles. The first-order chi connectivity index (χ1) is 14.9. The fourth-order valence-corrected chi connectivity index (χ4v) is 3.88. The van der Waals surface area contributed by atoms with Crippen LogP contribution in [0.1, 0.15) is 41.1 Å². The highest BCUT2D eigenvalue weighted by atomic mass is 19.1. The number of ether oxygens (including phenoxy) is 1. The van der Waals surface area contributed by atoms with Gasteiger partial charge in [-0.25, -0.2) is 14.4 Å². The van der Waals surface area contributed by atoms with E-state index < -0.39 is 29.9 Å². The van der Waals surface area contributed by atoms with Crippen molar-refractivity contribution in [3.63, 3.8) is 0 Å². The Bertz CT molecular complexity index is 1250. The molecule has 3 heterocycles. The van der Waals surface area contributed by atoms with Crippen LogP contribution < -0.4 is 15.8 Å². The van der Waals surface area contributed by atoms with Crippen LogP contribution in [0.3, 0.4) is 0 Å². The van der Waals surface area contributed by atoms with Gasteiger partial charge in [0.15, 0.2) is 6.17 Å². The molecule has 4 rings (SSSR count). The lowest BCUT2D eigenvalue weighted by molar-refractivity contribution is -0.123. The van der Waals surface area contributed by atoms with Gasteiger partial charge in [-0.3, -0.25) is 9.59 Å². The number of nitrogens with one attached hydrogen (secondary N) is 1. The number of alkyl halides is 1. The molecule has 2 amide bonds. The van der Waals surface area contributed by atoms with Gasteiger partial charge in [0.1, 0.15) is 17.2 Å². The highest BCUT2D eigenvalue weighted by Crippen LogP contribution is 2.38. The Hall–Kier alpha value is -3.93. The first-order valence-corrected chi connectivity index (χ1v) is 9.57. The lowest BCUT2D eigenvalue weighted by Crippen LogP contribution is -2.21. The molecule has 0 spiro atoms. The van der Waals surface area contributed by atoms with Crippen molar-refractivity contribution >= 4 is 22.6 Å². The highest BCUT2D eigenvalue weighted by Gasteiger charge is 2.44. The van der Waals surface area contributed by atoms with Crippen LogP contribution in [0.15, 0.2) is 28.9 Å². The average molecular weight is 422 g/mol. The number of nitrogens with two attached hydrogens (primary N) is 1. The molecule has 0 bridgehead atoms. The molecule has 9 heteroatoms. The molecule has 1 saturated heterocycles. The Kier molecular flexibility index (Phi) is 5.07. The maximum Gasteiger partial charge on any atom is 0.255 e. The van der Waals surface area contributed by atoms with Gasteiger partial charge in [0, 0.05) is 22.9 Å². The number of benzene rings is 1. The van der Waals surface area contributed by atoms with E-state index in [1.807, 2.05) is 0 Å². The molecule has 1 aromatic carbocycles. The molecular weight excluding hydrogens is 403 g/mol. The third-order valence-corrected chi connectivity index (χ3v) is 5.49. The Morgan fingerprint density at radius 3 is 2.77 bits per heavy atom. The number of hydrogen-bond acceptors (Lipinski definition) is 6. The van der Waals surface area contributed by atoms with Gasteiger partial charge < -0.3 is 20.2 Å². The van der Waals surface area contributed by atoms with Gasteiger partial charge >= 0.3 is 0 Å². The normalized spacial score (nSPS) is 20.5. The van der Waals surface area contributed by atoms with E-state index in [2.05, 4.69) is 21.2 Å². The van der Waals surface area contributed by atoms with Crippen molar-refractivity contribution in [2.24, 2.45) is 11.7 Å². The second-order valence-electron chi connectivity index (χ2n) is 7.16. The maximum atomic E-state index is 14.2. The lowest BCUT2D eigenvalue weighted by atomic mass is 9.95. The zero-order valence-electron chi connectivity index (χ0n) is 16.8. The minimum absolute atomic E-state index is 0.156. The monoisotopic (exact) mass is 422 g/mol. The molecule has 1 aliphatic heterocycles. The summed E-state index contributed by atoms with van der Waals surface area (Å²) in [5.41, 5.74) is 6.43. The van der Waals surface area contributed by atoms with Gasteiger partial charge in [-0.2, -0.15) is 0 Å². The van der Waals surface area contributed by atoms with Gasteiger partial charge in [0.2, 0.25) is 5.89 Å². The van der Waals surface area contributed by atoms with E-state index in [9.17, 15) is 14.0 Å². The van der Waals surface area contributed by atoms with Crippen molar-refractivity contribution in [2.45, 2.75) is 25.6 Å². The first-order valence-electron chi connectivity index (χ1n) is 9.57. The number of pyridine rings is 1. The SMILES string of the molecule is C#Cc1cnc(-c2ncc([C@H]3NC(=O)C(F)[C@H]3CC)o2)c2cc(OC)c(C(N)=O)cc12. The summed E-state index contributed by atoms with van der Waals surface area (Å²) in [7, 11) is 1.41. The number of methoxy groups -OCH3 is 1. The number of primary amides is 1. The fraction of sp³-hybridized carbons (Fsp3) is 0.273. The summed E-state index contributed by atoms with van der Waals surface area (Å²) in [6.45, 7) is 1.80. The maximum absolute atomic E-state index is 14.2. The minimum Gasteiger partial charge on any atom is -0.496 e. The van der Waals surface area contributed by atoms with Crippen molar-refractivity contribution < 1.29 is 23.1 Å². The van der Waals surface area contributed by atoms with Crippen LogP contribution in [0.4, 0.5) is 4.39 Å². The summed E-state index contributed by atoms with van der Waals surface area (Å²) in [5.74, 6) is 1.37. The zero-order valence-corrected chi connectivity index (χ0v) is 16.8. The number of nitrogens with zero attached hydrogens (tertiary/aromatic N) is 2. The number of carbonyl (C=O) groups excluding carboxylic acids is 2. The van der Waals surface area contributed by atoms with E-state index in [4.69, 9.17) is 21.3 Å². The van der Waals surface area contributed by atoms with Gasteiger partial charge in [-0.15, -0.1) is 6.42 Å². The number of halogens is 1. The third-order valence-electron chi connectivity index (χ3n) is 5.49. The summed E-state index contributed by atoms with van der Waals surface area (Å²) in [6, 6.07) is 2.51. The molecule has 0 saturated carbocycles. The Labute approximate surface area is 177 Å². The van der Waals surface area contributed by atoms with Crippen LogP contribution in [0.25, 0.3) is 22.4 Å². The number of aromatic nitrogens is 2. The van der Waals surface area contributed by atoms with Crippen LogP contribution in [0, 0.1) is 18.3 Å². The van der Waals surface area contributed by atoms with Crippen molar-refractivity contribution in [3.8, 4) is 29.7 Å². The topological polar surface area (TPSA) is 120 Å². The highest BCUT2D eigenvalue weighted by molar-refractivity contribution is 6.05. The van der Waals surface area contributed by atoms with E-state index in [0.717, 1.165) is 0 Å². The Balaban J connectivity index is 1.85. The first kappa shape index (κ1) is 20.3. The molecule has 0 aliphatic carbocycles. The number of carbonyl (C=O) groups is 2. The Morgan fingerprint density at radius 2 is 2.13 bits per heavy atom. The number of fused-ring (bicyclic) bond motifs is 1. The van der Waals surface area contributed by atoms with Gasteiger partial charge in [0.25, 0.3) is 11.8 Å². The summed E-state index contributed by atoms with van der Waals surface area (Å²) in [4.78, 5) is 32.3. The van der Waals surface area contributed by atoms with Gasteiger partial charge in [-0.05, 0) is 18.6 Å². The molecule has 0 radical (unpaired) electrons. The zero-order chi connectivity index (χ0) is 22.3. The summed E-state index contributed by atoms with van der Waals surface area (Å²) in [6.07, 6.45) is 7.34. The van der Waals surface area contributed by atoms with Crippen LogP contribution in [-0.2, 0) is 4.79 Å². The predicted octanol–water partition coefficient (Wildman–Crippen LogP) is 2.51. The van der Waals surface area contributed by atoms with Crippen LogP contribution in [0.2, 0.25) is 0 Å². The van der Waals surface area contributed by atoms with Crippen molar-refractivity contribution in [2.75, 3.05) is 7.11 Å². The van der Waals surface area contributed by atoms with E-state index in [1.165, 1.54) is 19.5 Å². The predicted molar refractivity (Wildman–Crippen MR) is 110 cm³/mol. The molecule has 1 fully saturated rings. The largest absolute Gasteiger partial charge is 0.496 e. The van der Waals surface area contributed by atoms with Crippen molar-refractivity contribution in [1.29, 1.82) is 0 Å². The number of rotatable bonds is 5. The van der Waals surface area contributed by atoms with E-state index in [0.29, 0.717) is 34.2 Å². The van der Waals surface area contributed by atoms with Crippen LogP contribution in [-0.4, -0.2) is 35.1 Å². The minimum atomic E-state index is -1.60. The molecule has 8 nitrogen and oxygen atoms in total. The molecule has 3 N–H and O–H groups in total. The summed E-state index contributed by atoms with van der Waals surface area (Å²) < 4.78 is 25.3. The number of oxazole rings is 1. The fourth-order valence-electron chi connectivity index (χ4n) is 3.88. The van der Waals surface area contributed by atoms with Gasteiger partial charge in [-0.1, -0.05) is 12.8 Å². The van der Waals surface area contributed by atoms with Crippen LogP contribution >= 0.6 is 0 Å². The molecule has 3 aromatic rings. The Morgan fingerprint density at radius 1 is 1.35 bits per heavy atom. The summed E-state index contributed by atoms with van der Waals surface area (Å²) in [5, 5.41) is 3.70. The molecule has 3 atom stereocenters. The molecule has 1 unspecified atom stereocenters. The van der Waals surface area contributed by atoms with Crippen LogP contribution in [0.5, 0.6) is 5.75 Å². The lowest BCUT2D eigenvalue weighted by Gasteiger charge is -2.15. The van der Waals surface area contributed by atoms with E-state index in [1.54, 1.807) is 19.1 Å². The van der Waals surface area contributed by atoms with Crippen molar-refractivity contribution in [3.05, 3.63) is 41.4 Å². The summed E-state index contributed by atoms with van der Waals surface area (Å²) >= 11 is 0. The smallest absolute Gasteiger partial charge is 0.255 e. The number of hydrogen-bond donors (Lipinski definition) is 2. The third kappa shape index (κ3) is 3.26. The van der Waals surface area contributed by atoms with E-state index >= 15 is 0 Å². The average Bonchev–Trinajstić information content (AvgIpc) is 3.36.